The number of thiophene rings is 1. The molecule has 2 heterocycles. The number of nitrogens with zero attached hydrogens (tertiary/aromatic N) is 1. The average molecular weight is 320 g/mol. The fourth-order valence-electron chi connectivity index (χ4n) is 2.05. The van der Waals surface area contributed by atoms with E-state index in [1.165, 1.54) is 11.3 Å². The van der Waals surface area contributed by atoms with Crippen LogP contribution in [0.5, 0.6) is 0 Å². The minimum Gasteiger partial charge on any atom is -0.481 e. The molecule has 104 valence electrons. The van der Waals surface area contributed by atoms with E-state index in [0.29, 0.717) is 23.1 Å². The van der Waals surface area contributed by atoms with E-state index in [0.717, 1.165) is 10.6 Å². The number of carboxylic acid groups (broad SMARTS) is 1. The molecule has 0 aromatic carbocycles. The molecular formula is C12H14ClNO3S2. The SMILES string of the molecule is O=C(O)CC1CSCCN1C(=O)Cc1ccc(Cl)s1. The van der Waals surface area contributed by atoms with Crippen LogP contribution in [0.3, 0.4) is 0 Å². The standard InChI is InChI=1S/C12H14ClNO3S2/c13-10-2-1-9(19-10)6-11(15)14-3-4-18-7-8(14)5-12(16)17/h1-2,8H,3-7H2,(H,16,17). The zero-order valence-electron chi connectivity index (χ0n) is 10.2. The maximum Gasteiger partial charge on any atom is 0.305 e. The Labute approximate surface area is 124 Å². The molecule has 0 aliphatic carbocycles. The van der Waals surface area contributed by atoms with Gasteiger partial charge in [-0.05, 0) is 12.1 Å². The molecular weight excluding hydrogens is 306 g/mol. The van der Waals surface area contributed by atoms with Crippen molar-refractivity contribution < 1.29 is 14.7 Å². The quantitative estimate of drug-likeness (QED) is 0.925. The molecule has 2 rings (SSSR count). The van der Waals surface area contributed by atoms with Gasteiger partial charge in [-0.2, -0.15) is 11.8 Å². The first-order valence-corrected chi connectivity index (χ1v) is 8.24. The highest BCUT2D eigenvalue weighted by Crippen LogP contribution is 2.24. The first kappa shape index (κ1) is 14.7. The maximum absolute atomic E-state index is 12.3. The summed E-state index contributed by atoms with van der Waals surface area (Å²) in [4.78, 5) is 25.7. The van der Waals surface area contributed by atoms with Crippen LogP contribution in [0, 0.1) is 0 Å². The summed E-state index contributed by atoms with van der Waals surface area (Å²) in [5.41, 5.74) is 0. The van der Waals surface area contributed by atoms with Gasteiger partial charge in [0.15, 0.2) is 0 Å². The molecule has 0 bridgehead atoms. The molecule has 7 heteroatoms. The van der Waals surface area contributed by atoms with Crippen LogP contribution >= 0.6 is 34.7 Å². The van der Waals surface area contributed by atoms with E-state index < -0.39 is 5.97 Å². The highest BCUT2D eigenvalue weighted by molar-refractivity contribution is 7.99. The van der Waals surface area contributed by atoms with Crippen molar-refractivity contribution in [1.82, 2.24) is 4.90 Å². The van der Waals surface area contributed by atoms with Crippen LogP contribution < -0.4 is 0 Å². The van der Waals surface area contributed by atoms with Crippen LogP contribution in [-0.2, 0) is 16.0 Å². The fourth-order valence-corrected chi connectivity index (χ4v) is 4.19. The van der Waals surface area contributed by atoms with Crippen molar-refractivity contribution in [2.24, 2.45) is 0 Å². The van der Waals surface area contributed by atoms with E-state index in [-0.39, 0.29) is 18.4 Å². The van der Waals surface area contributed by atoms with Crippen LogP contribution in [0.25, 0.3) is 0 Å². The summed E-state index contributed by atoms with van der Waals surface area (Å²) in [5, 5.41) is 8.90. The summed E-state index contributed by atoms with van der Waals surface area (Å²) in [6.45, 7) is 0.626. The lowest BCUT2D eigenvalue weighted by Gasteiger charge is -2.34. The number of carboxylic acids is 1. The van der Waals surface area contributed by atoms with E-state index >= 15 is 0 Å². The van der Waals surface area contributed by atoms with Gasteiger partial charge in [0.05, 0.1) is 23.2 Å². The number of halogens is 1. The summed E-state index contributed by atoms with van der Waals surface area (Å²) in [7, 11) is 0. The van der Waals surface area contributed by atoms with Crippen molar-refractivity contribution in [1.29, 1.82) is 0 Å². The van der Waals surface area contributed by atoms with Crippen molar-refractivity contribution in [2.75, 3.05) is 18.1 Å². The normalized spacial score (nSPS) is 19.4. The first-order valence-electron chi connectivity index (χ1n) is 5.89. The third-order valence-electron chi connectivity index (χ3n) is 2.91. The van der Waals surface area contributed by atoms with E-state index in [4.69, 9.17) is 16.7 Å². The van der Waals surface area contributed by atoms with E-state index in [9.17, 15) is 9.59 Å². The third kappa shape index (κ3) is 4.12. The van der Waals surface area contributed by atoms with Crippen molar-refractivity contribution >= 4 is 46.6 Å². The summed E-state index contributed by atoms with van der Waals surface area (Å²) in [6, 6.07) is 3.42. The number of carbonyl (C=O) groups excluding carboxylic acids is 1. The summed E-state index contributed by atoms with van der Waals surface area (Å²) in [6.07, 6.45) is 0.322. The predicted octanol–water partition coefficient (Wildman–Crippen LogP) is 2.36. The smallest absolute Gasteiger partial charge is 0.305 e. The summed E-state index contributed by atoms with van der Waals surface area (Å²) >= 11 is 8.93. The van der Waals surface area contributed by atoms with E-state index in [1.807, 2.05) is 6.07 Å². The fraction of sp³-hybridized carbons (Fsp3) is 0.500. The Bertz CT molecular complexity index is 477. The second-order valence-corrected chi connectivity index (χ2v) is 7.25. The Morgan fingerprint density at radius 2 is 2.26 bits per heavy atom. The van der Waals surface area contributed by atoms with Gasteiger partial charge in [-0.1, -0.05) is 11.6 Å². The van der Waals surface area contributed by atoms with Gasteiger partial charge in [0.25, 0.3) is 0 Å². The highest BCUT2D eigenvalue weighted by atomic mass is 35.5. The number of amides is 1. The lowest BCUT2D eigenvalue weighted by atomic mass is 10.1. The van der Waals surface area contributed by atoms with Crippen molar-refractivity contribution in [3.05, 3.63) is 21.3 Å². The lowest BCUT2D eigenvalue weighted by molar-refractivity contribution is -0.140. The average Bonchev–Trinajstić information content (AvgIpc) is 2.74. The van der Waals surface area contributed by atoms with Crippen molar-refractivity contribution in [3.63, 3.8) is 0 Å². The molecule has 4 nitrogen and oxygen atoms in total. The van der Waals surface area contributed by atoms with Gasteiger partial charge in [0, 0.05) is 22.9 Å². The summed E-state index contributed by atoms with van der Waals surface area (Å²) < 4.78 is 0.666. The minimum atomic E-state index is -0.857. The molecule has 1 fully saturated rings. The van der Waals surface area contributed by atoms with Crippen molar-refractivity contribution in [2.45, 2.75) is 18.9 Å². The number of thioether (sulfide) groups is 1. The van der Waals surface area contributed by atoms with Gasteiger partial charge in [0.2, 0.25) is 5.91 Å². The molecule has 1 unspecified atom stereocenters. The van der Waals surface area contributed by atoms with Crippen molar-refractivity contribution in [3.8, 4) is 0 Å². The number of hydrogen-bond donors (Lipinski definition) is 1. The van der Waals surface area contributed by atoms with Crippen LogP contribution in [0.1, 0.15) is 11.3 Å². The van der Waals surface area contributed by atoms with Gasteiger partial charge < -0.3 is 10.0 Å². The number of hydrogen-bond acceptors (Lipinski definition) is 4. The van der Waals surface area contributed by atoms with Crippen LogP contribution in [0.4, 0.5) is 0 Å². The Kier molecular flexibility index (Phi) is 5.13. The largest absolute Gasteiger partial charge is 0.481 e. The van der Waals surface area contributed by atoms with Gasteiger partial charge in [-0.15, -0.1) is 11.3 Å². The predicted molar refractivity (Wildman–Crippen MR) is 78.1 cm³/mol. The van der Waals surface area contributed by atoms with Gasteiger partial charge in [-0.25, -0.2) is 0 Å². The zero-order chi connectivity index (χ0) is 13.8. The van der Waals surface area contributed by atoms with Crippen LogP contribution in [0.2, 0.25) is 4.34 Å². The molecule has 1 atom stereocenters. The molecule has 1 N–H and O–H groups in total. The first-order chi connectivity index (χ1) is 9.06. The minimum absolute atomic E-state index is 0.00920. The van der Waals surface area contributed by atoms with Crippen LogP contribution in [-0.4, -0.2) is 46.0 Å². The summed E-state index contributed by atoms with van der Waals surface area (Å²) in [5.74, 6) is 0.700. The van der Waals surface area contributed by atoms with E-state index in [2.05, 4.69) is 0 Å². The second kappa shape index (κ2) is 6.63. The Morgan fingerprint density at radius 1 is 1.47 bits per heavy atom. The van der Waals surface area contributed by atoms with Gasteiger partial charge >= 0.3 is 5.97 Å². The third-order valence-corrected chi connectivity index (χ3v) is 5.24. The zero-order valence-corrected chi connectivity index (χ0v) is 12.6. The molecule has 0 saturated carbocycles. The highest BCUT2D eigenvalue weighted by Gasteiger charge is 2.28. The lowest BCUT2D eigenvalue weighted by Crippen LogP contribution is -2.47. The van der Waals surface area contributed by atoms with Gasteiger partial charge in [0.1, 0.15) is 0 Å². The number of rotatable bonds is 4. The maximum atomic E-state index is 12.3. The molecule has 1 aromatic heterocycles. The molecule has 1 aliphatic rings. The molecule has 0 radical (unpaired) electrons. The molecule has 19 heavy (non-hydrogen) atoms. The second-order valence-electron chi connectivity index (χ2n) is 4.30. The Hall–Kier alpha value is -0.720. The number of carbonyl (C=O) groups is 2. The van der Waals surface area contributed by atoms with E-state index in [1.54, 1.807) is 22.7 Å². The Balaban J connectivity index is 2.00. The monoisotopic (exact) mass is 319 g/mol. The van der Waals surface area contributed by atoms with Crippen LogP contribution in [0.15, 0.2) is 12.1 Å². The number of aliphatic carboxylic acids is 1. The van der Waals surface area contributed by atoms with Gasteiger partial charge in [-0.3, -0.25) is 9.59 Å². The molecule has 1 amide bonds. The molecule has 1 saturated heterocycles. The molecule has 1 aliphatic heterocycles. The topological polar surface area (TPSA) is 57.6 Å². The Morgan fingerprint density at radius 3 is 2.89 bits per heavy atom. The molecule has 1 aromatic rings. The molecule has 0 spiro atoms.